The second kappa shape index (κ2) is 8.30. The first-order chi connectivity index (χ1) is 13.7. The minimum Gasteiger partial charge on any atom is -0.361 e. The summed E-state index contributed by atoms with van der Waals surface area (Å²) < 4.78 is 0. The number of likely N-dealkylation sites (tertiary alicyclic amines) is 1. The number of nitrogens with one attached hydrogen (secondary N) is 2. The first-order valence-corrected chi connectivity index (χ1v) is 9.89. The molecule has 4 rings (SSSR count). The van der Waals surface area contributed by atoms with Gasteiger partial charge >= 0.3 is 0 Å². The molecule has 5 heteroatoms. The van der Waals surface area contributed by atoms with Gasteiger partial charge in [-0.15, -0.1) is 0 Å². The maximum absolute atomic E-state index is 12.9. The molecular formula is C23H25N3O2. The number of H-pyrrole nitrogens is 1. The Balaban J connectivity index is 1.34. The van der Waals surface area contributed by atoms with E-state index in [0.717, 1.165) is 30.2 Å². The molecule has 28 heavy (non-hydrogen) atoms. The van der Waals surface area contributed by atoms with E-state index in [4.69, 9.17) is 0 Å². The number of fused-ring (bicyclic) bond motifs is 1. The van der Waals surface area contributed by atoms with Gasteiger partial charge in [-0.25, -0.2) is 0 Å². The number of piperidine rings is 1. The zero-order chi connectivity index (χ0) is 19.3. The Morgan fingerprint density at radius 1 is 1.11 bits per heavy atom. The number of nitrogens with zero attached hydrogens (tertiary/aromatic N) is 1. The monoisotopic (exact) mass is 375 g/mol. The van der Waals surface area contributed by atoms with Crippen LogP contribution in [-0.2, 0) is 11.2 Å². The fourth-order valence-electron chi connectivity index (χ4n) is 3.86. The second-order valence-electron chi connectivity index (χ2n) is 7.40. The van der Waals surface area contributed by atoms with Gasteiger partial charge in [0.2, 0.25) is 5.91 Å². The van der Waals surface area contributed by atoms with Crippen LogP contribution in [-0.4, -0.2) is 41.3 Å². The van der Waals surface area contributed by atoms with Crippen molar-refractivity contribution in [1.82, 2.24) is 15.2 Å². The fraction of sp³-hybridized carbons (Fsp3) is 0.304. The van der Waals surface area contributed by atoms with Gasteiger partial charge in [-0.2, -0.15) is 0 Å². The average molecular weight is 375 g/mol. The van der Waals surface area contributed by atoms with Crippen LogP contribution in [0, 0.1) is 5.92 Å². The van der Waals surface area contributed by atoms with E-state index in [2.05, 4.69) is 22.4 Å². The molecular weight excluding hydrogens is 350 g/mol. The highest BCUT2D eigenvalue weighted by Gasteiger charge is 2.28. The van der Waals surface area contributed by atoms with E-state index in [1.54, 1.807) is 0 Å². The van der Waals surface area contributed by atoms with E-state index < -0.39 is 0 Å². The van der Waals surface area contributed by atoms with Crippen LogP contribution in [0.5, 0.6) is 0 Å². The van der Waals surface area contributed by atoms with Gasteiger partial charge in [0.05, 0.1) is 5.92 Å². The summed E-state index contributed by atoms with van der Waals surface area (Å²) in [5, 5.41) is 4.13. The molecule has 3 aromatic rings. The third kappa shape index (κ3) is 4.09. The molecule has 2 amide bonds. The highest BCUT2D eigenvalue weighted by molar-refractivity contribution is 5.98. The molecule has 2 N–H and O–H groups in total. The maximum Gasteiger partial charge on any atom is 0.253 e. The number of amides is 2. The van der Waals surface area contributed by atoms with Gasteiger partial charge in [-0.1, -0.05) is 36.4 Å². The largest absolute Gasteiger partial charge is 0.361 e. The van der Waals surface area contributed by atoms with E-state index in [9.17, 15) is 9.59 Å². The number of carbonyl (C=O) groups excluding carboxylic acids is 2. The fourth-order valence-corrected chi connectivity index (χ4v) is 3.86. The average Bonchev–Trinajstić information content (AvgIpc) is 3.22. The van der Waals surface area contributed by atoms with Gasteiger partial charge in [0, 0.05) is 36.9 Å². The first kappa shape index (κ1) is 18.3. The van der Waals surface area contributed by atoms with E-state index in [-0.39, 0.29) is 17.7 Å². The van der Waals surface area contributed by atoms with Gasteiger partial charge in [0.15, 0.2) is 0 Å². The van der Waals surface area contributed by atoms with Crippen LogP contribution in [0.4, 0.5) is 0 Å². The first-order valence-electron chi connectivity index (χ1n) is 9.89. The van der Waals surface area contributed by atoms with Crippen molar-refractivity contribution in [3.05, 3.63) is 71.9 Å². The highest BCUT2D eigenvalue weighted by atomic mass is 16.2. The molecule has 1 aromatic heterocycles. The summed E-state index contributed by atoms with van der Waals surface area (Å²) in [6, 6.07) is 17.8. The SMILES string of the molecule is O=C(NCCc1ccccc1)[C@H]1CCCN(C(=O)c2ccc3cc[nH]c3c2)C1. The number of hydrogen-bond donors (Lipinski definition) is 2. The standard InChI is InChI=1S/C23H25N3O2/c27-22(25-12-10-17-5-2-1-3-6-17)20-7-4-14-26(16-20)23(28)19-9-8-18-11-13-24-21(18)15-19/h1-3,5-6,8-9,11,13,15,20,24H,4,7,10,12,14,16H2,(H,25,27)/t20-/m0/s1. The van der Waals surface area contributed by atoms with Crippen LogP contribution < -0.4 is 5.32 Å². The smallest absolute Gasteiger partial charge is 0.253 e. The molecule has 0 spiro atoms. The topological polar surface area (TPSA) is 65.2 Å². The molecule has 0 unspecified atom stereocenters. The molecule has 144 valence electrons. The normalized spacial score (nSPS) is 16.9. The van der Waals surface area contributed by atoms with Crippen LogP contribution in [0.15, 0.2) is 60.8 Å². The minimum absolute atomic E-state index is 0.00159. The molecule has 2 heterocycles. The molecule has 0 bridgehead atoms. The Bertz CT molecular complexity index is 964. The van der Waals surface area contributed by atoms with Gasteiger partial charge in [0.1, 0.15) is 0 Å². The van der Waals surface area contributed by atoms with Gasteiger partial charge in [0.25, 0.3) is 5.91 Å². The zero-order valence-corrected chi connectivity index (χ0v) is 15.9. The molecule has 1 aliphatic rings. The number of aromatic nitrogens is 1. The van der Waals surface area contributed by atoms with Crippen molar-refractivity contribution in [3.8, 4) is 0 Å². The molecule has 1 fully saturated rings. The summed E-state index contributed by atoms with van der Waals surface area (Å²) in [7, 11) is 0. The third-order valence-electron chi connectivity index (χ3n) is 5.44. The molecule has 0 saturated carbocycles. The molecule has 0 radical (unpaired) electrons. The van der Waals surface area contributed by atoms with Crippen LogP contribution in [0.1, 0.15) is 28.8 Å². The summed E-state index contributed by atoms with van der Waals surface area (Å²) >= 11 is 0. The van der Waals surface area contributed by atoms with E-state index in [1.165, 1.54) is 5.56 Å². The lowest BCUT2D eigenvalue weighted by molar-refractivity contribution is -0.126. The highest BCUT2D eigenvalue weighted by Crippen LogP contribution is 2.21. The van der Waals surface area contributed by atoms with Crippen molar-refractivity contribution in [1.29, 1.82) is 0 Å². The van der Waals surface area contributed by atoms with Crippen molar-refractivity contribution < 1.29 is 9.59 Å². The molecule has 1 atom stereocenters. The molecule has 1 saturated heterocycles. The molecule has 0 aliphatic carbocycles. The maximum atomic E-state index is 12.9. The zero-order valence-electron chi connectivity index (χ0n) is 15.9. The number of rotatable bonds is 5. The Morgan fingerprint density at radius 3 is 2.82 bits per heavy atom. The van der Waals surface area contributed by atoms with E-state index in [1.807, 2.05) is 53.6 Å². The summed E-state index contributed by atoms with van der Waals surface area (Å²) in [5.74, 6) is -0.0887. The quantitative estimate of drug-likeness (QED) is 0.718. The number of benzene rings is 2. The van der Waals surface area contributed by atoms with Crippen LogP contribution in [0.3, 0.4) is 0 Å². The Hall–Kier alpha value is -3.08. The summed E-state index contributed by atoms with van der Waals surface area (Å²) in [5.41, 5.74) is 2.83. The van der Waals surface area contributed by atoms with Crippen molar-refractivity contribution in [2.75, 3.05) is 19.6 Å². The number of hydrogen-bond acceptors (Lipinski definition) is 2. The minimum atomic E-state index is -0.136. The second-order valence-corrected chi connectivity index (χ2v) is 7.40. The summed E-state index contributed by atoms with van der Waals surface area (Å²) in [6.45, 7) is 1.81. The Kier molecular flexibility index (Phi) is 5.42. The predicted molar refractivity (Wildman–Crippen MR) is 110 cm³/mol. The van der Waals surface area contributed by atoms with Crippen molar-refractivity contribution in [3.63, 3.8) is 0 Å². The summed E-state index contributed by atoms with van der Waals surface area (Å²) in [6.07, 6.45) is 4.37. The van der Waals surface area contributed by atoms with Crippen LogP contribution in [0.25, 0.3) is 10.9 Å². The lowest BCUT2D eigenvalue weighted by atomic mass is 9.96. The van der Waals surface area contributed by atoms with Crippen molar-refractivity contribution >= 4 is 22.7 Å². The summed E-state index contributed by atoms with van der Waals surface area (Å²) in [4.78, 5) is 30.5. The lowest BCUT2D eigenvalue weighted by Gasteiger charge is -2.32. The van der Waals surface area contributed by atoms with E-state index in [0.29, 0.717) is 25.2 Å². The lowest BCUT2D eigenvalue weighted by Crippen LogP contribution is -2.45. The van der Waals surface area contributed by atoms with Crippen molar-refractivity contribution in [2.45, 2.75) is 19.3 Å². The molecule has 2 aromatic carbocycles. The Morgan fingerprint density at radius 2 is 1.96 bits per heavy atom. The number of aromatic amines is 1. The predicted octanol–water partition coefficient (Wildman–Crippen LogP) is 3.38. The van der Waals surface area contributed by atoms with Crippen molar-refractivity contribution in [2.24, 2.45) is 5.92 Å². The van der Waals surface area contributed by atoms with Gasteiger partial charge in [-0.3, -0.25) is 9.59 Å². The molecule has 1 aliphatic heterocycles. The van der Waals surface area contributed by atoms with Gasteiger partial charge < -0.3 is 15.2 Å². The third-order valence-corrected chi connectivity index (χ3v) is 5.44. The van der Waals surface area contributed by atoms with Gasteiger partial charge in [-0.05, 0) is 48.4 Å². The van der Waals surface area contributed by atoms with Crippen LogP contribution >= 0.6 is 0 Å². The molecule has 5 nitrogen and oxygen atoms in total. The number of carbonyl (C=O) groups is 2. The van der Waals surface area contributed by atoms with E-state index >= 15 is 0 Å². The van der Waals surface area contributed by atoms with Crippen LogP contribution in [0.2, 0.25) is 0 Å². The Labute approximate surface area is 164 Å².